The van der Waals surface area contributed by atoms with Gasteiger partial charge in [-0.25, -0.2) is 0 Å². The lowest BCUT2D eigenvalue weighted by atomic mass is 9.76. The molecule has 132 valence electrons. The first kappa shape index (κ1) is 20.5. The van der Waals surface area contributed by atoms with Gasteiger partial charge < -0.3 is 0 Å². The Bertz CT molecular complexity index is 554. The van der Waals surface area contributed by atoms with E-state index in [2.05, 4.69) is 100 Å². The van der Waals surface area contributed by atoms with E-state index >= 15 is 0 Å². The van der Waals surface area contributed by atoms with Crippen molar-refractivity contribution in [2.45, 2.75) is 62.3 Å². The van der Waals surface area contributed by atoms with E-state index in [1.54, 1.807) is 0 Å². The van der Waals surface area contributed by atoms with Crippen molar-refractivity contribution in [1.29, 1.82) is 0 Å². The third-order valence-electron chi connectivity index (χ3n) is 4.69. The van der Waals surface area contributed by atoms with Crippen LogP contribution in [0.3, 0.4) is 0 Å². The van der Waals surface area contributed by atoms with Crippen LogP contribution >= 0.6 is 0 Å². The van der Waals surface area contributed by atoms with E-state index in [1.807, 2.05) is 0 Å². The fourth-order valence-corrected chi connectivity index (χ4v) is 2.45. The molecule has 1 rings (SSSR count). The maximum absolute atomic E-state index is 4.36. The maximum Gasteiger partial charge on any atom is -0.0132 e. The van der Waals surface area contributed by atoms with Crippen molar-refractivity contribution >= 4 is 16.7 Å². The molecule has 0 spiro atoms. The summed E-state index contributed by atoms with van der Waals surface area (Å²) in [6.07, 6.45) is 0. The molecular weight excluding hydrogens is 288 g/mol. The van der Waals surface area contributed by atoms with Crippen LogP contribution in [0, 0.1) is 16.2 Å². The van der Waals surface area contributed by atoms with E-state index in [0.29, 0.717) is 0 Å². The van der Waals surface area contributed by atoms with Crippen molar-refractivity contribution in [3.05, 3.63) is 54.6 Å². The smallest absolute Gasteiger partial charge is 0.0132 e. The van der Waals surface area contributed by atoms with Gasteiger partial charge in [-0.05, 0) is 67.9 Å². The first-order chi connectivity index (χ1) is 10.5. The second-order valence-electron chi connectivity index (χ2n) is 9.98. The lowest BCUT2D eigenvalue weighted by Gasteiger charge is -2.28. The lowest BCUT2D eigenvalue weighted by Crippen LogP contribution is -2.12. The Kier molecular flexibility index (Phi) is 5.45. The number of hydrogen-bond acceptors (Lipinski definition) is 0. The molecule has 0 nitrogen and oxygen atoms in total. The van der Waals surface area contributed by atoms with E-state index in [0.717, 1.165) is 16.7 Å². The monoisotopic (exact) mass is 324 g/mol. The van der Waals surface area contributed by atoms with E-state index in [9.17, 15) is 0 Å². The van der Waals surface area contributed by atoms with Crippen molar-refractivity contribution < 1.29 is 0 Å². The highest BCUT2D eigenvalue weighted by atomic mass is 14.3. The Morgan fingerprint density at radius 2 is 0.667 bits per heavy atom. The van der Waals surface area contributed by atoms with Crippen LogP contribution in [-0.4, -0.2) is 0 Å². The minimum Gasteiger partial charge on any atom is -0.0947 e. The summed E-state index contributed by atoms with van der Waals surface area (Å²) in [4.78, 5) is 0. The summed E-state index contributed by atoms with van der Waals surface area (Å²) in [7, 11) is 0. The molecule has 0 aliphatic carbocycles. The SMILES string of the molecule is C=C(c1cc(C(=C)C(C)(C)C)cc(C(=C)C(C)(C)C)c1)C(C)(C)C. The van der Waals surface area contributed by atoms with Gasteiger partial charge in [0.05, 0.1) is 0 Å². The maximum atomic E-state index is 4.36. The molecule has 0 unspecified atom stereocenters. The minimum absolute atomic E-state index is 0.0298. The van der Waals surface area contributed by atoms with Gasteiger partial charge in [-0.3, -0.25) is 0 Å². The van der Waals surface area contributed by atoms with Crippen LogP contribution < -0.4 is 0 Å². The molecule has 1 aromatic rings. The normalized spacial score (nSPS) is 12.9. The summed E-state index contributed by atoms with van der Waals surface area (Å²) < 4.78 is 0. The molecule has 0 heterocycles. The van der Waals surface area contributed by atoms with Gasteiger partial charge in [0, 0.05) is 0 Å². The molecule has 0 radical (unpaired) electrons. The van der Waals surface area contributed by atoms with Crippen molar-refractivity contribution in [2.24, 2.45) is 16.2 Å². The lowest BCUT2D eigenvalue weighted by molar-refractivity contribution is 0.564. The summed E-state index contributed by atoms with van der Waals surface area (Å²) >= 11 is 0. The molecule has 0 saturated heterocycles. The first-order valence-corrected chi connectivity index (χ1v) is 8.79. The van der Waals surface area contributed by atoms with Gasteiger partial charge in [-0.2, -0.15) is 0 Å². The van der Waals surface area contributed by atoms with Gasteiger partial charge in [0.25, 0.3) is 0 Å². The fraction of sp³-hybridized carbons (Fsp3) is 0.500. The van der Waals surface area contributed by atoms with Crippen LogP contribution in [-0.2, 0) is 0 Å². The molecule has 0 atom stereocenters. The molecule has 0 N–H and O–H groups in total. The quantitative estimate of drug-likeness (QED) is 0.530. The van der Waals surface area contributed by atoms with Crippen LogP contribution in [0.1, 0.15) is 79.0 Å². The van der Waals surface area contributed by atoms with E-state index in [4.69, 9.17) is 0 Å². The van der Waals surface area contributed by atoms with E-state index in [-0.39, 0.29) is 16.2 Å². The zero-order chi connectivity index (χ0) is 19.1. The number of allylic oxidation sites excluding steroid dienone is 3. The van der Waals surface area contributed by atoms with Crippen LogP contribution in [0.15, 0.2) is 37.9 Å². The molecule has 0 saturated carbocycles. The second-order valence-corrected chi connectivity index (χ2v) is 9.98. The number of hydrogen-bond donors (Lipinski definition) is 0. The summed E-state index contributed by atoms with van der Waals surface area (Å²) in [5.74, 6) is 0. The molecule has 0 amide bonds. The highest BCUT2D eigenvalue weighted by Gasteiger charge is 2.23. The Morgan fingerprint density at radius 1 is 0.500 bits per heavy atom. The molecular formula is C24H36. The standard InChI is InChI=1S/C24H36/c1-16(22(4,5)6)19-13-20(17(2)23(7,8)9)15-21(14-19)18(3)24(10,11)12/h13-15H,1-3H2,4-12H3. The Morgan fingerprint density at radius 3 is 0.792 bits per heavy atom. The first-order valence-electron chi connectivity index (χ1n) is 8.79. The topological polar surface area (TPSA) is 0 Å². The summed E-state index contributed by atoms with van der Waals surface area (Å²) in [5.41, 5.74) is 7.09. The van der Waals surface area contributed by atoms with Crippen molar-refractivity contribution in [1.82, 2.24) is 0 Å². The average Bonchev–Trinajstić information content (AvgIpc) is 2.41. The molecule has 0 bridgehead atoms. The molecule has 0 heteroatoms. The van der Waals surface area contributed by atoms with E-state index in [1.165, 1.54) is 16.7 Å². The Hall–Kier alpha value is -1.56. The van der Waals surface area contributed by atoms with E-state index < -0.39 is 0 Å². The van der Waals surface area contributed by atoms with Gasteiger partial charge in [0.15, 0.2) is 0 Å². The third-order valence-corrected chi connectivity index (χ3v) is 4.69. The third kappa shape index (κ3) is 4.72. The highest BCUT2D eigenvalue weighted by molar-refractivity contribution is 5.80. The van der Waals surface area contributed by atoms with Crippen molar-refractivity contribution in [2.75, 3.05) is 0 Å². The molecule has 0 aliphatic heterocycles. The van der Waals surface area contributed by atoms with Gasteiger partial charge in [-0.15, -0.1) is 0 Å². The highest BCUT2D eigenvalue weighted by Crippen LogP contribution is 2.40. The Labute approximate surface area is 150 Å². The largest absolute Gasteiger partial charge is 0.0947 e. The Balaban J connectivity index is 3.60. The van der Waals surface area contributed by atoms with Crippen molar-refractivity contribution in [3.8, 4) is 0 Å². The zero-order valence-electron chi connectivity index (χ0n) is 17.4. The summed E-state index contributed by atoms with van der Waals surface area (Å²) in [6, 6.07) is 6.71. The van der Waals surface area contributed by atoms with Crippen molar-refractivity contribution in [3.63, 3.8) is 0 Å². The van der Waals surface area contributed by atoms with Crippen LogP contribution in [0.25, 0.3) is 16.7 Å². The molecule has 0 aliphatic rings. The van der Waals surface area contributed by atoms with Gasteiger partial charge in [0.2, 0.25) is 0 Å². The second kappa shape index (κ2) is 6.39. The van der Waals surface area contributed by atoms with Crippen LogP contribution in [0.5, 0.6) is 0 Å². The predicted octanol–water partition coefficient (Wildman–Crippen LogP) is 7.86. The fourth-order valence-electron chi connectivity index (χ4n) is 2.45. The van der Waals surface area contributed by atoms with Gasteiger partial charge in [0.1, 0.15) is 0 Å². The predicted molar refractivity (Wildman–Crippen MR) is 112 cm³/mol. The van der Waals surface area contributed by atoms with Crippen LogP contribution in [0.2, 0.25) is 0 Å². The average molecular weight is 325 g/mol. The van der Waals surface area contributed by atoms with Gasteiger partial charge >= 0.3 is 0 Å². The summed E-state index contributed by atoms with van der Waals surface area (Å²) in [5, 5.41) is 0. The number of benzene rings is 1. The minimum atomic E-state index is 0.0298. The van der Waals surface area contributed by atoms with Gasteiger partial charge in [-0.1, -0.05) is 82.1 Å². The van der Waals surface area contributed by atoms with Crippen LogP contribution in [0.4, 0.5) is 0 Å². The number of rotatable bonds is 3. The molecule has 1 aromatic carbocycles. The molecule has 0 aromatic heterocycles. The molecule has 24 heavy (non-hydrogen) atoms. The summed E-state index contributed by atoms with van der Waals surface area (Å²) in [6.45, 7) is 33.0. The molecule has 0 fully saturated rings. The zero-order valence-corrected chi connectivity index (χ0v) is 17.4.